The number of amides is 2. The van der Waals surface area contributed by atoms with Crippen LogP contribution in [0.15, 0.2) is 55.0 Å². The number of aliphatic carboxylic acids is 1. The van der Waals surface area contributed by atoms with Gasteiger partial charge < -0.3 is 30.4 Å². The SMILES string of the molecule is Nc1ncnc2c1c(-c1ccc3c(c1)CCN3C(=O)Cc1cccc(OC(F)(F)F)c1)cn2CCCNC(=O)CCC(=O)O. The van der Waals surface area contributed by atoms with Crippen molar-refractivity contribution in [3.05, 3.63) is 66.1 Å². The molecule has 0 radical (unpaired) electrons. The summed E-state index contributed by atoms with van der Waals surface area (Å²) in [5.74, 6) is -1.67. The molecule has 0 saturated carbocycles. The smallest absolute Gasteiger partial charge is 0.481 e. The number of hydrogen-bond donors (Lipinski definition) is 3. The molecule has 0 fully saturated rings. The van der Waals surface area contributed by atoms with Gasteiger partial charge in [0.15, 0.2) is 0 Å². The highest BCUT2D eigenvalue weighted by atomic mass is 19.4. The summed E-state index contributed by atoms with van der Waals surface area (Å²) in [6.45, 7) is 1.30. The van der Waals surface area contributed by atoms with Crippen LogP contribution in [0.25, 0.3) is 22.2 Å². The third-order valence-electron chi connectivity index (χ3n) is 7.22. The van der Waals surface area contributed by atoms with Crippen molar-refractivity contribution in [3.63, 3.8) is 0 Å². The maximum Gasteiger partial charge on any atom is 0.573 e. The molecule has 11 nitrogen and oxygen atoms in total. The van der Waals surface area contributed by atoms with Crippen LogP contribution in [0.5, 0.6) is 5.75 Å². The van der Waals surface area contributed by atoms with Crippen LogP contribution in [0.1, 0.15) is 30.4 Å². The van der Waals surface area contributed by atoms with Crippen molar-refractivity contribution < 1.29 is 37.4 Å². The minimum Gasteiger partial charge on any atom is -0.481 e. The molecule has 2 aromatic carbocycles. The Bertz CT molecular complexity index is 1720. The monoisotopic (exact) mass is 610 g/mol. The first-order valence-corrected chi connectivity index (χ1v) is 13.8. The molecule has 3 heterocycles. The first-order valence-electron chi connectivity index (χ1n) is 13.8. The molecular weight excluding hydrogens is 581 g/mol. The summed E-state index contributed by atoms with van der Waals surface area (Å²) < 4.78 is 43.7. The number of carbonyl (C=O) groups excluding carboxylic acids is 2. The van der Waals surface area contributed by atoms with Crippen LogP contribution < -0.4 is 20.7 Å². The number of aryl methyl sites for hydroxylation is 1. The van der Waals surface area contributed by atoms with Gasteiger partial charge in [-0.3, -0.25) is 14.4 Å². The molecule has 0 spiro atoms. The fourth-order valence-electron chi connectivity index (χ4n) is 5.27. The van der Waals surface area contributed by atoms with E-state index in [0.717, 1.165) is 22.4 Å². The Morgan fingerprint density at radius 2 is 1.91 bits per heavy atom. The Balaban J connectivity index is 1.30. The number of aromatic nitrogens is 3. The molecule has 4 aromatic rings. The Labute approximate surface area is 249 Å². The summed E-state index contributed by atoms with van der Waals surface area (Å²) in [5.41, 5.74) is 10.6. The fourth-order valence-corrected chi connectivity index (χ4v) is 5.27. The lowest BCUT2D eigenvalue weighted by atomic mass is 10.0. The van der Waals surface area contributed by atoms with Crippen LogP contribution >= 0.6 is 0 Å². The van der Waals surface area contributed by atoms with Gasteiger partial charge in [-0.1, -0.05) is 18.2 Å². The number of nitrogen functional groups attached to an aromatic ring is 1. The minimum atomic E-state index is -4.82. The van der Waals surface area contributed by atoms with Gasteiger partial charge in [-0.25, -0.2) is 9.97 Å². The summed E-state index contributed by atoms with van der Waals surface area (Å²) >= 11 is 0. The molecule has 0 aliphatic carbocycles. The summed E-state index contributed by atoms with van der Waals surface area (Å²) in [7, 11) is 0. The predicted octanol–water partition coefficient (Wildman–Crippen LogP) is 4.08. The van der Waals surface area contributed by atoms with Crippen molar-refractivity contribution in [2.45, 2.75) is 45.0 Å². The van der Waals surface area contributed by atoms with Crippen molar-refractivity contribution in [2.75, 3.05) is 23.7 Å². The van der Waals surface area contributed by atoms with Crippen LogP contribution in [-0.2, 0) is 33.8 Å². The Morgan fingerprint density at radius 3 is 2.68 bits per heavy atom. The fraction of sp³-hybridized carbons (Fsp3) is 0.300. The number of nitrogens with zero attached hydrogens (tertiary/aromatic N) is 4. The predicted molar refractivity (Wildman–Crippen MR) is 155 cm³/mol. The van der Waals surface area contributed by atoms with Crippen molar-refractivity contribution >= 4 is 40.3 Å². The molecule has 4 N–H and O–H groups in total. The zero-order chi connectivity index (χ0) is 31.4. The maximum atomic E-state index is 13.2. The van der Waals surface area contributed by atoms with Crippen molar-refractivity contribution in [3.8, 4) is 16.9 Å². The molecular formula is C30H29F3N6O5. The lowest BCUT2D eigenvalue weighted by Gasteiger charge is -2.18. The number of nitrogens with one attached hydrogen (secondary N) is 1. The van der Waals surface area contributed by atoms with Gasteiger partial charge in [0.1, 0.15) is 23.5 Å². The van der Waals surface area contributed by atoms with E-state index in [1.807, 2.05) is 29.0 Å². The van der Waals surface area contributed by atoms with E-state index in [1.54, 1.807) is 11.0 Å². The topological polar surface area (TPSA) is 153 Å². The first-order chi connectivity index (χ1) is 21.0. The molecule has 2 amide bonds. The second kappa shape index (κ2) is 12.6. The number of benzene rings is 2. The third-order valence-corrected chi connectivity index (χ3v) is 7.22. The summed E-state index contributed by atoms with van der Waals surface area (Å²) in [4.78, 5) is 45.8. The van der Waals surface area contributed by atoms with Crippen molar-refractivity contribution in [2.24, 2.45) is 0 Å². The summed E-state index contributed by atoms with van der Waals surface area (Å²) in [6, 6.07) is 11.1. The second-order valence-electron chi connectivity index (χ2n) is 10.3. The molecule has 0 atom stereocenters. The Kier molecular flexibility index (Phi) is 8.69. The van der Waals surface area contributed by atoms with E-state index < -0.39 is 12.3 Å². The molecule has 0 bridgehead atoms. The number of alkyl halides is 3. The zero-order valence-electron chi connectivity index (χ0n) is 23.4. The summed E-state index contributed by atoms with van der Waals surface area (Å²) in [5, 5.41) is 12.1. The third kappa shape index (κ3) is 7.07. The number of carboxylic acids is 1. The number of anilines is 2. The number of rotatable bonds is 11. The molecule has 230 valence electrons. The molecule has 2 aromatic heterocycles. The number of nitrogens with two attached hydrogens (primary N) is 1. The van der Waals surface area contributed by atoms with Crippen molar-refractivity contribution in [1.29, 1.82) is 0 Å². The van der Waals surface area contributed by atoms with E-state index >= 15 is 0 Å². The highest BCUT2D eigenvalue weighted by Crippen LogP contribution is 2.37. The van der Waals surface area contributed by atoms with Gasteiger partial charge in [0.25, 0.3) is 0 Å². The zero-order valence-corrected chi connectivity index (χ0v) is 23.4. The quantitative estimate of drug-likeness (QED) is 0.215. The number of fused-ring (bicyclic) bond motifs is 2. The maximum absolute atomic E-state index is 13.2. The number of ether oxygens (including phenoxy) is 1. The minimum absolute atomic E-state index is 0.0822. The average molecular weight is 611 g/mol. The highest BCUT2D eigenvalue weighted by Gasteiger charge is 2.31. The van der Waals surface area contributed by atoms with Crippen LogP contribution in [0.3, 0.4) is 0 Å². The molecule has 0 unspecified atom stereocenters. The highest BCUT2D eigenvalue weighted by molar-refractivity contribution is 6.02. The van der Waals surface area contributed by atoms with Crippen LogP contribution in [0.4, 0.5) is 24.7 Å². The van der Waals surface area contributed by atoms with Gasteiger partial charge in [-0.2, -0.15) is 0 Å². The number of carboxylic acid groups (broad SMARTS) is 1. The molecule has 14 heteroatoms. The number of carbonyl (C=O) groups is 3. The Hall–Kier alpha value is -5.14. The van der Waals surface area contributed by atoms with Crippen LogP contribution in [0.2, 0.25) is 0 Å². The van der Waals surface area contributed by atoms with Gasteiger partial charge >= 0.3 is 12.3 Å². The molecule has 0 saturated heterocycles. The van der Waals surface area contributed by atoms with E-state index in [4.69, 9.17) is 10.8 Å². The standard InChI is InChI=1S/C30H29F3N6O5/c31-30(32,33)44-21-4-1-3-18(13-21)14-25(41)39-12-9-20-15-19(5-6-23(20)39)22-16-38(29-27(22)28(34)36-17-37-29)11-2-10-35-24(40)7-8-26(42)43/h1,3-6,13,15-17H,2,7-12,14H2,(H,35,40)(H,42,43)(H2,34,36,37). The van der Waals surface area contributed by atoms with E-state index in [2.05, 4.69) is 20.0 Å². The van der Waals surface area contributed by atoms with E-state index in [1.165, 1.54) is 24.5 Å². The second-order valence-corrected chi connectivity index (χ2v) is 10.3. The van der Waals surface area contributed by atoms with E-state index in [9.17, 15) is 27.6 Å². The van der Waals surface area contributed by atoms with Gasteiger partial charge in [-0.05, 0) is 53.8 Å². The van der Waals surface area contributed by atoms with Crippen LogP contribution in [-0.4, -0.2) is 56.9 Å². The normalized spacial score (nSPS) is 12.8. The van der Waals surface area contributed by atoms with Gasteiger partial charge in [0, 0.05) is 43.5 Å². The van der Waals surface area contributed by atoms with Gasteiger partial charge in [0.2, 0.25) is 11.8 Å². The van der Waals surface area contributed by atoms with E-state index in [0.29, 0.717) is 54.9 Å². The molecule has 1 aliphatic heterocycles. The average Bonchev–Trinajstić information content (AvgIpc) is 3.56. The number of halogens is 3. The van der Waals surface area contributed by atoms with Gasteiger partial charge in [-0.15, -0.1) is 13.2 Å². The molecule has 1 aliphatic rings. The molecule has 5 rings (SSSR count). The van der Waals surface area contributed by atoms with Crippen LogP contribution in [0, 0.1) is 0 Å². The number of hydrogen-bond acceptors (Lipinski definition) is 7. The molecule has 44 heavy (non-hydrogen) atoms. The summed E-state index contributed by atoms with van der Waals surface area (Å²) in [6.07, 6.45) is -0.760. The Morgan fingerprint density at radius 1 is 1.09 bits per heavy atom. The van der Waals surface area contributed by atoms with Crippen molar-refractivity contribution in [1.82, 2.24) is 19.9 Å². The van der Waals surface area contributed by atoms with E-state index in [-0.39, 0.29) is 36.8 Å². The van der Waals surface area contributed by atoms with Gasteiger partial charge in [0.05, 0.1) is 18.2 Å². The largest absolute Gasteiger partial charge is 0.573 e. The lowest BCUT2D eigenvalue weighted by molar-refractivity contribution is -0.274. The first kappa shape index (κ1) is 30.3. The lowest BCUT2D eigenvalue weighted by Crippen LogP contribution is -2.30.